The van der Waals surface area contributed by atoms with Crippen molar-refractivity contribution in [1.29, 1.82) is 0 Å². The third kappa shape index (κ3) is 4.52. The summed E-state index contributed by atoms with van der Waals surface area (Å²) in [5.74, 6) is -0.364. The van der Waals surface area contributed by atoms with Crippen molar-refractivity contribution in [2.75, 3.05) is 6.54 Å². The zero-order valence-corrected chi connectivity index (χ0v) is 13.9. The molecule has 1 aromatic heterocycles. The second-order valence-electron chi connectivity index (χ2n) is 5.73. The molecule has 0 aliphatic rings. The minimum absolute atomic E-state index is 0.0621. The first-order chi connectivity index (χ1) is 12.6. The molecule has 26 heavy (non-hydrogen) atoms. The lowest BCUT2D eigenvalue weighted by molar-refractivity contribution is -0.129. The van der Waals surface area contributed by atoms with Crippen LogP contribution in [0, 0.1) is 5.82 Å². The van der Waals surface area contributed by atoms with E-state index in [-0.39, 0.29) is 12.1 Å². The Kier molecular flexibility index (Phi) is 5.70. The first-order valence-corrected chi connectivity index (χ1v) is 8.19. The summed E-state index contributed by atoms with van der Waals surface area (Å²) < 4.78 is 18.7. The fourth-order valence-electron chi connectivity index (χ4n) is 2.47. The smallest absolute Gasteiger partial charge is 0.253 e. The number of aliphatic hydroxyl groups is 1. The van der Waals surface area contributed by atoms with Gasteiger partial charge in [0.15, 0.2) is 11.9 Å². The zero-order chi connectivity index (χ0) is 18.4. The van der Waals surface area contributed by atoms with Crippen LogP contribution in [0.4, 0.5) is 4.39 Å². The number of carbonyl (C=O) groups is 1. The van der Waals surface area contributed by atoms with Crippen LogP contribution in [0.3, 0.4) is 0 Å². The molecule has 6 nitrogen and oxygen atoms in total. The molecule has 0 spiro atoms. The van der Waals surface area contributed by atoms with Gasteiger partial charge >= 0.3 is 0 Å². The summed E-state index contributed by atoms with van der Waals surface area (Å²) in [6.45, 7) is 0.192. The van der Waals surface area contributed by atoms with Crippen molar-refractivity contribution in [1.82, 2.24) is 15.5 Å². The van der Waals surface area contributed by atoms with E-state index in [1.807, 2.05) is 30.3 Å². The van der Waals surface area contributed by atoms with Crippen LogP contribution in [0.2, 0.25) is 0 Å². The van der Waals surface area contributed by atoms with E-state index in [1.54, 1.807) is 6.07 Å². The topological polar surface area (TPSA) is 88.3 Å². The van der Waals surface area contributed by atoms with Crippen molar-refractivity contribution in [2.24, 2.45) is 0 Å². The summed E-state index contributed by atoms with van der Waals surface area (Å²) in [6, 6.07) is 15.4. The lowest BCUT2D eigenvalue weighted by Crippen LogP contribution is -2.31. The first-order valence-electron chi connectivity index (χ1n) is 8.19. The van der Waals surface area contributed by atoms with Crippen molar-refractivity contribution in [3.63, 3.8) is 0 Å². The van der Waals surface area contributed by atoms with Crippen molar-refractivity contribution >= 4 is 5.91 Å². The fraction of sp³-hybridized carbons (Fsp3) is 0.211. The van der Waals surface area contributed by atoms with Crippen LogP contribution >= 0.6 is 0 Å². The number of nitrogens with one attached hydrogen (secondary N) is 1. The van der Waals surface area contributed by atoms with Crippen molar-refractivity contribution < 1.29 is 18.8 Å². The average molecular weight is 355 g/mol. The Morgan fingerprint density at radius 2 is 1.88 bits per heavy atom. The van der Waals surface area contributed by atoms with Gasteiger partial charge < -0.3 is 14.9 Å². The van der Waals surface area contributed by atoms with Crippen molar-refractivity contribution in [2.45, 2.75) is 18.9 Å². The van der Waals surface area contributed by atoms with E-state index in [0.717, 1.165) is 5.56 Å². The molecule has 0 radical (unpaired) electrons. The standard InChI is InChI=1S/C19H18FN3O3/c20-15-9-5-4-8-14(15)18(24)19(25)21-11-10-17-22-16(23-26-17)12-13-6-2-1-3-7-13/h1-9,18,24H,10-12H2,(H,21,25)/t18-/m1/s1. The molecule has 0 unspecified atom stereocenters. The van der Waals surface area contributed by atoms with E-state index < -0.39 is 17.8 Å². The summed E-state index contributed by atoms with van der Waals surface area (Å²) in [5.41, 5.74) is 1.01. The number of nitrogens with zero attached hydrogens (tertiary/aromatic N) is 2. The van der Waals surface area contributed by atoms with E-state index in [4.69, 9.17) is 4.52 Å². The van der Waals surface area contributed by atoms with Gasteiger partial charge in [0.1, 0.15) is 5.82 Å². The third-order valence-corrected chi connectivity index (χ3v) is 3.80. The molecule has 2 aromatic carbocycles. The second-order valence-corrected chi connectivity index (χ2v) is 5.73. The maximum Gasteiger partial charge on any atom is 0.253 e. The Hall–Kier alpha value is -3.06. The van der Waals surface area contributed by atoms with Crippen LogP contribution in [0.5, 0.6) is 0 Å². The molecule has 2 N–H and O–H groups in total. The molecule has 0 aliphatic carbocycles. The maximum atomic E-state index is 13.6. The number of hydrogen-bond acceptors (Lipinski definition) is 5. The van der Waals surface area contributed by atoms with Gasteiger partial charge in [-0.05, 0) is 11.6 Å². The number of amides is 1. The summed E-state index contributed by atoms with van der Waals surface area (Å²) in [5, 5.41) is 16.4. The predicted octanol–water partition coefficient (Wildman–Crippen LogP) is 2.19. The van der Waals surface area contributed by atoms with Crippen LogP contribution in [0.15, 0.2) is 59.1 Å². The Morgan fingerprint density at radius 1 is 1.15 bits per heavy atom. The molecule has 1 atom stereocenters. The number of halogens is 1. The highest BCUT2D eigenvalue weighted by Gasteiger charge is 2.20. The molecular weight excluding hydrogens is 337 g/mol. The number of rotatable bonds is 7. The van der Waals surface area contributed by atoms with E-state index >= 15 is 0 Å². The largest absolute Gasteiger partial charge is 0.378 e. The predicted molar refractivity (Wildman–Crippen MR) is 91.6 cm³/mol. The van der Waals surface area contributed by atoms with Gasteiger partial charge in [0, 0.05) is 24.9 Å². The van der Waals surface area contributed by atoms with Gasteiger partial charge in [-0.2, -0.15) is 4.98 Å². The van der Waals surface area contributed by atoms with Crippen molar-refractivity contribution in [3.05, 3.63) is 83.3 Å². The van der Waals surface area contributed by atoms with Gasteiger partial charge in [-0.3, -0.25) is 4.79 Å². The highest BCUT2D eigenvalue weighted by molar-refractivity contribution is 5.81. The van der Waals surface area contributed by atoms with Gasteiger partial charge in [-0.15, -0.1) is 0 Å². The number of aliphatic hydroxyl groups excluding tert-OH is 1. The van der Waals surface area contributed by atoms with Gasteiger partial charge in [0.2, 0.25) is 5.89 Å². The van der Waals surface area contributed by atoms with E-state index in [0.29, 0.717) is 24.6 Å². The molecular formula is C19H18FN3O3. The highest BCUT2D eigenvalue weighted by atomic mass is 19.1. The lowest BCUT2D eigenvalue weighted by atomic mass is 10.1. The molecule has 0 saturated heterocycles. The third-order valence-electron chi connectivity index (χ3n) is 3.80. The normalized spacial score (nSPS) is 11.9. The molecule has 3 aromatic rings. The maximum absolute atomic E-state index is 13.6. The van der Waals surface area contributed by atoms with Gasteiger partial charge in [0.05, 0.1) is 0 Å². The van der Waals surface area contributed by atoms with Crippen LogP contribution in [0.1, 0.15) is 28.9 Å². The number of aromatic nitrogens is 2. The van der Waals surface area contributed by atoms with Gasteiger partial charge in [-0.25, -0.2) is 4.39 Å². The number of hydrogen-bond donors (Lipinski definition) is 2. The first kappa shape index (κ1) is 17.8. The minimum atomic E-state index is -1.56. The quantitative estimate of drug-likeness (QED) is 0.678. The van der Waals surface area contributed by atoms with E-state index in [9.17, 15) is 14.3 Å². The molecule has 0 aliphatic heterocycles. The average Bonchev–Trinajstić information content (AvgIpc) is 3.09. The SMILES string of the molecule is O=C(NCCc1nc(Cc2ccccc2)no1)[C@H](O)c1ccccc1F. The zero-order valence-electron chi connectivity index (χ0n) is 13.9. The van der Waals surface area contributed by atoms with Crippen LogP contribution in [-0.4, -0.2) is 27.7 Å². The molecule has 0 bridgehead atoms. The molecule has 134 valence electrons. The summed E-state index contributed by atoms with van der Waals surface area (Å²) in [7, 11) is 0. The Labute approximate surface area is 149 Å². The molecule has 1 heterocycles. The van der Waals surface area contributed by atoms with Gasteiger partial charge in [0.25, 0.3) is 5.91 Å². The second kappa shape index (κ2) is 8.35. The van der Waals surface area contributed by atoms with Crippen LogP contribution in [-0.2, 0) is 17.6 Å². The Balaban J connectivity index is 1.49. The van der Waals surface area contributed by atoms with E-state index in [1.165, 1.54) is 18.2 Å². The van der Waals surface area contributed by atoms with E-state index in [2.05, 4.69) is 15.5 Å². The highest BCUT2D eigenvalue weighted by Crippen LogP contribution is 2.16. The fourth-order valence-corrected chi connectivity index (χ4v) is 2.47. The van der Waals surface area contributed by atoms with Gasteiger partial charge in [-0.1, -0.05) is 53.7 Å². The Bertz CT molecular complexity index is 867. The van der Waals surface area contributed by atoms with Crippen LogP contribution in [0.25, 0.3) is 0 Å². The summed E-state index contributed by atoms with van der Waals surface area (Å²) in [6.07, 6.45) is -0.687. The monoisotopic (exact) mass is 355 g/mol. The number of benzene rings is 2. The van der Waals surface area contributed by atoms with Crippen LogP contribution < -0.4 is 5.32 Å². The summed E-state index contributed by atoms with van der Waals surface area (Å²) >= 11 is 0. The lowest BCUT2D eigenvalue weighted by Gasteiger charge is -2.11. The van der Waals surface area contributed by atoms with Crippen molar-refractivity contribution in [3.8, 4) is 0 Å². The molecule has 7 heteroatoms. The molecule has 1 amide bonds. The minimum Gasteiger partial charge on any atom is -0.378 e. The summed E-state index contributed by atoms with van der Waals surface area (Å²) in [4.78, 5) is 16.2. The molecule has 3 rings (SSSR count). The molecule has 0 fully saturated rings. The Morgan fingerprint density at radius 3 is 2.65 bits per heavy atom. The number of carbonyl (C=O) groups excluding carboxylic acids is 1. The molecule has 0 saturated carbocycles.